The first-order valence-electron chi connectivity index (χ1n) is 12.5. The zero-order chi connectivity index (χ0) is 27.5. The van der Waals surface area contributed by atoms with Gasteiger partial charge in [-0.15, -0.1) is 0 Å². The molecule has 1 unspecified atom stereocenters. The number of Topliss-reactive ketones (excluding diaryl/α,β-unsaturated/α-hetero) is 1. The lowest BCUT2D eigenvalue weighted by molar-refractivity contribution is -0.130. The van der Waals surface area contributed by atoms with E-state index in [4.69, 9.17) is 18.6 Å². The Bertz CT molecular complexity index is 1550. The lowest BCUT2D eigenvalue weighted by Crippen LogP contribution is -2.34. The number of hydrogen-bond donors (Lipinski definition) is 1. The van der Waals surface area contributed by atoms with Crippen molar-refractivity contribution in [3.05, 3.63) is 107 Å². The summed E-state index contributed by atoms with van der Waals surface area (Å²) in [6.45, 7) is 2.85. The van der Waals surface area contributed by atoms with Crippen molar-refractivity contribution < 1.29 is 33.3 Å². The number of carbonyl (C=O) groups is 2. The maximum Gasteiger partial charge on any atom is 0.290 e. The smallest absolute Gasteiger partial charge is 0.290 e. The first kappa shape index (κ1) is 26.1. The third-order valence-corrected chi connectivity index (χ3v) is 6.89. The number of aliphatic hydroxyl groups excluding tert-OH is 1. The maximum atomic E-state index is 13.7. The molecule has 1 amide bonds. The van der Waals surface area contributed by atoms with Gasteiger partial charge >= 0.3 is 0 Å². The SMILES string of the molecule is COCCN1C(=O)C(O)=C(C(=O)c2cc3cccc(OC)c3o2)C1c1ccc(OCc2ccccc2C)cc1. The van der Waals surface area contributed by atoms with Crippen LogP contribution in [0.15, 0.2) is 88.5 Å². The van der Waals surface area contributed by atoms with Crippen LogP contribution in [0.3, 0.4) is 0 Å². The van der Waals surface area contributed by atoms with Crippen molar-refractivity contribution in [3.8, 4) is 11.5 Å². The lowest BCUT2D eigenvalue weighted by atomic mass is 9.95. The molecule has 39 heavy (non-hydrogen) atoms. The molecule has 0 bridgehead atoms. The van der Waals surface area contributed by atoms with Gasteiger partial charge in [0.05, 0.1) is 25.3 Å². The molecule has 1 atom stereocenters. The topological polar surface area (TPSA) is 98.4 Å². The summed E-state index contributed by atoms with van der Waals surface area (Å²) < 4.78 is 22.4. The van der Waals surface area contributed by atoms with Crippen molar-refractivity contribution in [2.45, 2.75) is 19.6 Å². The zero-order valence-electron chi connectivity index (χ0n) is 22.0. The summed E-state index contributed by atoms with van der Waals surface area (Å²) in [4.78, 5) is 28.3. The van der Waals surface area contributed by atoms with Gasteiger partial charge in [0.2, 0.25) is 5.78 Å². The number of rotatable bonds is 10. The molecule has 8 heteroatoms. The molecule has 0 fully saturated rings. The summed E-state index contributed by atoms with van der Waals surface area (Å²) in [6, 6.07) is 21.2. The predicted molar refractivity (Wildman–Crippen MR) is 145 cm³/mol. The van der Waals surface area contributed by atoms with Crippen LogP contribution in [-0.2, 0) is 16.1 Å². The Morgan fingerprint density at radius 3 is 2.51 bits per heavy atom. The van der Waals surface area contributed by atoms with Gasteiger partial charge in [0.15, 0.2) is 22.9 Å². The number of aryl methyl sites for hydroxylation is 1. The lowest BCUT2D eigenvalue weighted by Gasteiger charge is -2.26. The second kappa shape index (κ2) is 11.0. The molecule has 1 aliphatic heterocycles. The molecule has 0 saturated heterocycles. The Hall–Kier alpha value is -4.56. The highest BCUT2D eigenvalue weighted by molar-refractivity contribution is 6.16. The van der Waals surface area contributed by atoms with Crippen LogP contribution in [0, 0.1) is 6.92 Å². The third-order valence-electron chi connectivity index (χ3n) is 6.89. The summed E-state index contributed by atoms with van der Waals surface area (Å²) in [5, 5.41) is 11.6. The first-order chi connectivity index (χ1) is 18.9. The van der Waals surface area contributed by atoms with Crippen molar-refractivity contribution >= 4 is 22.7 Å². The van der Waals surface area contributed by atoms with E-state index in [1.807, 2.05) is 31.2 Å². The van der Waals surface area contributed by atoms with E-state index in [1.54, 1.807) is 48.5 Å². The summed E-state index contributed by atoms with van der Waals surface area (Å²) in [5.74, 6) is -0.709. The average Bonchev–Trinajstić information content (AvgIpc) is 3.50. The minimum atomic E-state index is -0.833. The van der Waals surface area contributed by atoms with Gasteiger partial charge in [-0.25, -0.2) is 0 Å². The molecule has 1 aliphatic rings. The number of benzene rings is 3. The highest BCUT2D eigenvalue weighted by atomic mass is 16.5. The number of aliphatic hydroxyl groups is 1. The molecule has 0 radical (unpaired) electrons. The van der Waals surface area contributed by atoms with Crippen LogP contribution in [0.4, 0.5) is 0 Å². The van der Waals surface area contributed by atoms with Crippen molar-refractivity contribution in [3.63, 3.8) is 0 Å². The quantitative estimate of drug-likeness (QED) is 0.270. The Morgan fingerprint density at radius 1 is 1.03 bits per heavy atom. The Balaban J connectivity index is 1.47. The van der Waals surface area contributed by atoms with Gasteiger partial charge in [-0.2, -0.15) is 0 Å². The van der Waals surface area contributed by atoms with E-state index in [9.17, 15) is 14.7 Å². The van der Waals surface area contributed by atoms with Crippen molar-refractivity contribution in [2.24, 2.45) is 0 Å². The van der Waals surface area contributed by atoms with E-state index in [0.717, 1.165) is 11.1 Å². The van der Waals surface area contributed by atoms with E-state index < -0.39 is 23.5 Å². The fourth-order valence-corrected chi connectivity index (χ4v) is 4.77. The molecule has 2 heterocycles. The van der Waals surface area contributed by atoms with E-state index in [-0.39, 0.29) is 24.5 Å². The molecule has 200 valence electrons. The number of methoxy groups -OCH3 is 2. The third kappa shape index (κ3) is 4.98. The molecule has 0 spiro atoms. The number of fused-ring (bicyclic) bond motifs is 1. The highest BCUT2D eigenvalue weighted by Crippen LogP contribution is 2.40. The van der Waals surface area contributed by atoms with E-state index in [2.05, 4.69) is 0 Å². The number of carbonyl (C=O) groups excluding carboxylic acids is 2. The Labute approximate surface area is 226 Å². The number of ether oxygens (including phenoxy) is 3. The van der Waals surface area contributed by atoms with Crippen molar-refractivity contribution in [2.75, 3.05) is 27.4 Å². The summed E-state index contributed by atoms with van der Waals surface area (Å²) in [6.07, 6.45) is 0. The number of amides is 1. The first-order valence-corrected chi connectivity index (χ1v) is 12.5. The van der Waals surface area contributed by atoms with Gasteiger partial charge in [-0.3, -0.25) is 9.59 Å². The Morgan fingerprint density at radius 2 is 1.79 bits per heavy atom. The predicted octanol–water partition coefficient (Wildman–Crippen LogP) is 5.55. The minimum Gasteiger partial charge on any atom is -0.503 e. The second-order valence-electron chi connectivity index (χ2n) is 9.26. The zero-order valence-corrected chi connectivity index (χ0v) is 22.0. The van der Waals surface area contributed by atoms with Crippen LogP contribution in [0.5, 0.6) is 11.5 Å². The van der Waals surface area contributed by atoms with Crippen LogP contribution in [-0.4, -0.2) is 49.1 Å². The van der Waals surface area contributed by atoms with Crippen LogP contribution in [0.25, 0.3) is 11.0 Å². The van der Waals surface area contributed by atoms with Crippen LogP contribution in [0.2, 0.25) is 0 Å². The molecule has 5 rings (SSSR count). The van der Waals surface area contributed by atoms with E-state index in [1.165, 1.54) is 19.1 Å². The van der Waals surface area contributed by atoms with Gasteiger partial charge in [-0.05, 0) is 47.9 Å². The monoisotopic (exact) mass is 527 g/mol. The normalized spacial score (nSPS) is 15.3. The number of para-hydroxylation sites is 1. The molecular formula is C31H29NO7. The van der Waals surface area contributed by atoms with E-state index in [0.29, 0.717) is 34.6 Å². The fourth-order valence-electron chi connectivity index (χ4n) is 4.77. The molecule has 4 aromatic rings. The number of furan rings is 1. The molecule has 8 nitrogen and oxygen atoms in total. The summed E-state index contributed by atoms with van der Waals surface area (Å²) >= 11 is 0. The largest absolute Gasteiger partial charge is 0.503 e. The fraction of sp³-hybridized carbons (Fsp3) is 0.226. The van der Waals surface area contributed by atoms with Gasteiger partial charge in [0, 0.05) is 19.0 Å². The molecule has 0 aliphatic carbocycles. The molecule has 3 aromatic carbocycles. The van der Waals surface area contributed by atoms with Gasteiger partial charge in [0.1, 0.15) is 12.4 Å². The van der Waals surface area contributed by atoms with Gasteiger partial charge in [0.25, 0.3) is 5.91 Å². The van der Waals surface area contributed by atoms with Crippen molar-refractivity contribution in [1.82, 2.24) is 4.90 Å². The van der Waals surface area contributed by atoms with Crippen molar-refractivity contribution in [1.29, 1.82) is 0 Å². The minimum absolute atomic E-state index is 0.000580. The molecule has 1 aromatic heterocycles. The molecule has 1 N–H and O–H groups in total. The van der Waals surface area contributed by atoms with Crippen LogP contribution < -0.4 is 9.47 Å². The molecular weight excluding hydrogens is 498 g/mol. The average molecular weight is 528 g/mol. The number of ketones is 1. The standard InChI is InChI=1S/C31H29NO7/c1-19-7-4-5-8-22(19)18-38-23-13-11-20(12-14-23)27-26(29(34)31(35)32(27)15-16-36-2)28(33)25-17-21-9-6-10-24(37-3)30(21)39-25/h4-14,17,27,34H,15-16,18H2,1-3H3. The summed E-state index contributed by atoms with van der Waals surface area (Å²) in [5.41, 5.74) is 3.22. The molecule has 0 saturated carbocycles. The highest BCUT2D eigenvalue weighted by Gasteiger charge is 2.44. The number of nitrogens with zero attached hydrogens (tertiary/aromatic N) is 1. The summed E-state index contributed by atoms with van der Waals surface area (Å²) in [7, 11) is 3.04. The number of hydrogen-bond acceptors (Lipinski definition) is 7. The second-order valence-corrected chi connectivity index (χ2v) is 9.26. The van der Waals surface area contributed by atoms with Crippen LogP contribution >= 0.6 is 0 Å². The Kier molecular flexibility index (Phi) is 7.38. The van der Waals surface area contributed by atoms with Gasteiger partial charge in [-0.1, -0.05) is 48.5 Å². The maximum absolute atomic E-state index is 13.7. The van der Waals surface area contributed by atoms with Crippen LogP contribution in [0.1, 0.15) is 33.3 Å². The van der Waals surface area contributed by atoms with E-state index >= 15 is 0 Å². The van der Waals surface area contributed by atoms with Gasteiger partial charge < -0.3 is 28.6 Å².